The number of hydrogen-bond acceptors (Lipinski definition) is 2. The van der Waals surface area contributed by atoms with Crippen molar-refractivity contribution in [3.8, 4) is 0 Å². The quantitative estimate of drug-likeness (QED) is 0.851. The lowest BCUT2D eigenvalue weighted by atomic mass is 10.1. The number of nitrogens with two attached hydrogens (primary N) is 1. The van der Waals surface area contributed by atoms with Crippen molar-refractivity contribution in [2.75, 3.05) is 6.54 Å². The highest BCUT2D eigenvalue weighted by Gasteiger charge is 2.04. The number of halogens is 2. The maximum Gasteiger partial charge on any atom is 0.176 e. The second-order valence-corrected chi connectivity index (χ2v) is 4.12. The van der Waals surface area contributed by atoms with E-state index in [0.717, 1.165) is 8.95 Å². The molecule has 0 saturated heterocycles. The fourth-order valence-corrected chi connectivity index (χ4v) is 2.13. The zero-order chi connectivity index (χ0) is 9.14. The number of carbonyl (C=O) groups excluding carboxylic acids is 1. The highest BCUT2D eigenvalue weighted by Crippen LogP contribution is 2.20. The third-order valence-electron chi connectivity index (χ3n) is 1.37. The lowest BCUT2D eigenvalue weighted by Gasteiger charge is -1.99. The monoisotopic (exact) mass is 291 g/mol. The molecule has 0 aliphatic heterocycles. The van der Waals surface area contributed by atoms with Gasteiger partial charge in [-0.1, -0.05) is 31.9 Å². The Bertz CT molecular complexity index is 292. The van der Waals surface area contributed by atoms with Crippen LogP contribution in [0.1, 0.15) is 10.4 Å². The van der Waals surface area contributed by atoms with Crippen LogP contribution >= 0.6 is 31.9 Å². The first-order valence-electron chi connectivity index (χ1n) is 3.33. The molecule has 0 spiro atoms. The molecular weight excluding hydrogens is 286 g/mol. The summed E-state index contributed by atoms with van der Waals surface area (Å²) >= 11 is 6.57. The second-order valence-electron chi connectivity index (χ2n) is 2.29. The van der Waals surface area contributed by atoms with Crippen molar-refractivity contribution in [1.29, 1.82) is 0 Å². The summed E-state index contributed by atoms with van der Waals surface area (Å²) in [5, 5.41) is 0. The van der Waals surface area contributed by atoms with Crippen molar-refractivity contribution in [2.24, 2.45) is 5.73 Å². The van der Waals surface area contributed by atoms with Crippen LogP contribution in [0, 0.1) is 0 Å². The maximum atomic E-state index is 11.2. The fourth-order valence-electron chi connectivity index (χ4n) is 0.833. The van der Waals surface area contributed by atoms with Crippen molar-refractivity contribution in [1.82, 2.24) is 0 Å². The van der Waals surface area contributed by atoms with Gasteiger partial charge in [0.1, 0.15) is 0 Å². The summed E-state index contributed by atoms with van der Waals surface area (Å²) in [6.07, 6.45) is 0. The average Bonchev–Trinajstić information content (AvgIpc) is 2.01. The molecular formula is C8H7Br2NO. The first-order valence-corrected chi connectivity index (χ1v) is 4.91. The zero-order valence-corrected chi connectivity index (χ0v) is 9.35. The lowest BCUT2D eigenvalue weighted by molar-refractivity contribution is 0.100. The summed E-state index contributed by atoms with van der Waals surface area (Å²) in [5.41, 5.74) is 5.85. The number of ketones is 1. The molecule has 0 fully saturated rings. The largest absolute Gasteiger partial charge is 0.324 e. The molecule has 0 saturated carbocycles. The van der Waals surface area contributed by atoms with Gasteiger partial charge >= 0.3 is 0 Å². The van der Waals surface area contributed by atoms with Gasteiger partial charge in [-0.15, -0.1) is 0 Å². The minimum Gasteiger partial charge on any atom is -0.324 e. The molecule has 0 unspecified atom stereocenters. The van der Waals surface area contributed by atoms with Crippen molar-refractivity contribution in [2.45, 2.75) is 0 Å². The predicted molar refractivity (Wildman–Crippen MR) is 55.2 cm³/mol. The van der Waals surface area contributed by atoms with E-state index in [1.54, 1.807) is 12.1 Å². The number of hydrogen-bond donors (Lipinski definition) is 1. The Morgan fingerprint density at radius 3 is 2.17 bits per heavy atom. The Hall–Kier alpha value is -0.190. The number of carbonyl (C=O) groups is 1. The van der Waals surface area contributed by atoms with Gasteiger partial charge < -0.3 is 5.73 Å². The third kappa shape index (κ3) is 2.40. The predicted octanol–water partition coefficient (Wildman–Crippen LogP) is 2.35. The molecule has 0 heterocycles. The van der Waals surface area contributed by atoms with Crippen LogP contribution in [-0.2, 0) is 0 Å². The lowest BCUT2D eigenvalue weighted by Crippen LogP contribution is -2.13. The van der Waals surface area contributed by atoms with Gasteiger partial charge in [0, 0.05) is 14.5 Å². The topological polar surface area (TPSA) is 43.1 Å². The van der Waals surface area contributed by atoms with Gasteiger partial charge in [-0.3, -0.25) is 4.79 Å². The molecule has 0 aromatic heterocycles. The number of rotatable bonds is 2. The van der Waals surface area contributed by atoms with Crippen LogP contribution in [-0.4, -0.2) is 12.3 Å². The molecule has 0 aliphatic carbocycles. The average molecular weight is 293 g/mol. The van der Waals surface area contributed by atoms with Crippen LogP contribution in [0.25, 0.3) is 0 Å². The van der Waals surface area contributed by atoms with Crippen molar-refractivity contribution >= 4 is 37.6 Å². The van der Waals surface area contributed by atoms with Crippen molar-refractivity contribution in [3.63, 3.8) is 0 Å². The van der Waals surface area contributed by atoms with E-state index in [0.29, 0.717) is 5.56 Å². The van der Waals surface area contributed by atoms with E-state index < -0.39 is 0 Å². The minimum atomic E-state index is -0.0583. The maximum absolute atomic E-state index is 11.2. The van der Waals surface area contributed by atoms with Gasteiger partial charge in [-0.2, -0.15) is 0 Å². The van der Waals surface area contributed by atoms with E-state index in [1.807, 2.05) is 6.07 Å². The molecule has 0 bridgehead atoms. The fraction of sp³-hybridized carbons (Fsp3) is 0.125. The van der Waals surface area contributed by atoms with E-state index in [2.05, 4.69) is 31.9 Å². The first kappa shape index (κ1) is 9.89. The van der Waals surface area contributed by atoms with E-state index >= 15 is 0 Å². The highest BCUT2D eigenvalue weighted by atomic mass is 79.9. The smallest absolute Gasteiger partial charge is 0.176 e. The first-order chi connectivity index (χ1) is 5.63. The Kier molecular flexibility index (Phi) is 3.43. The summed E-state index contributed by atoms with van der Waals surface area (Å²) in [6.45, 7) is 0.0445. The van der Waals surface area contributed by atoms with Gasteiger partial charge in [0.2, 0.25) is 0 Å². The van der Waals surface area contributed by atoms with Crippen molar-refractivity contribution < 1.29 is 4.79 Å². The second kappa shape index (κ2) is 4.16. The SMILES string of the molecule is NCC(=O)c1cc(Br)cc(Br)c1. The Labute approximate surface area is 87.4 Å². The number of benzene rings is 1. The molecule has 1 rings (SSSR count). The van der Waals surface area contributed by atoms with Crippen molar-refractivity contribution in [3.05, 3.63) is 32.7 Å². The Balaban J connectivity index is 3.08. The van der Waals surface area contributed by atoms with Gasteiger partial charge in [0.25, 0.3) is 0 Å². The summed E-state index contributed by atoms with van der Waals surface area (Å²) in [7, 11) is 0. The van der Waals surface area contributed by atoms with Gasteiger partial charge in [-0.05, 0) is 18.2 Å². The molecule has 2 nitrogen and oxygen atoms in total. The Morgan fingerprint density at radius 1 is 1.25 bits per heavy atom. The molecule has 2 N–H and O–H groups in total. The summed E-state index contributed by atoms with van der Waals surface area (Å²) in [6, 6.07) is 5.37. The molecule has 12 heavy (non-hydrogen) atoms. The molecule has 1 aromatic rings. The van der Waals surface area contributed by atoms with Gasteiger partial charge in [0.05, 0.1) is 6.54 Å². The van der Waals surface area contributed by atoms with Crippen LogP contribution in [0.2, 0.25) is 0 Å². The highest BCUT2D eigenvalue weighted by molar-refractivity contribution is 9.11. The summed E-state index contributed by atoms with van der Waals surface area (Å²) in [5.74, 6) is -0.0583. The van der Waals surface area contributed by atoms with E-state index in [9.17, 15) is 4.79 Å². The van der Waals surface area contributed by atoms with E-state index in [-0.39, 0.29) is 12.3 Å². The molecule has 64 valence electrons. The molecule has 1 aromatic carbocycles. The van der Waals surface area contributed by atoms with Crippen LogP contribution in [0.15, 0.2) is 27.1 Å². The van der Waals surface area contributed by atoms with Gasteiger partial charge in [-0.25, -0.2) is 0 Å². The normalized spacial score (nSPS) is 9.92. The minimum absolute atomic E-state index is 0.0445. The molecule has 0 amide bonds. The standard InChI is InChI=1S/C8H7Br2NO/c9-6-1-5(8(12)4-11)2-7(10)3-6/h1-3H,4,11H2. The van der Waals surface area contributed by atoms with Gasteiger partial charge in [0.15, 0.2) is 5.78 Å². The molecule has 0 radical (unpaired) electrons. The number of Topliss-reactive ketones (excluding diaryl/α,β-unsaturated/α-hetero) is 1. The van der Waals surface area contributed by atoms with Crippen LogP contribution in [0.3, 0.4) is 0 Å². The molecule has 0 aliphatic rings. The zero-order valence-electron chi connectivity index (χ0n) is 6.18. The Morgan fingerprint density at radius 2 is 1.75 bits per heavy atom. The third-order valence-corrected chi connectivity index (χ3v) is 2.29. The van der Waals surface area contributed by atoms with E-state index in [4.69, 9.17) is 5.73 Å². The molecule has 4 heteroatoms. The molecule has 0 atom stereocenters. The van der Waals surface area contributed by atoms with E-state index in [1.165, 1.54) is 0 Å². The van der Waals surface area contributed by atoms with Crippen LogP contribution in [0.5, 0.6) is 0 Å². The summed E-state index contributed by atoms with van der Waals surface area (Å²) in [4.78, 5) is 11.2. The summed E-state index contributed by atoms with van der Waals surface area (Å²) < 4.78 is 1.74. The van der Waals surface area contributed by atoms with Crippen LogP contribution in [0.4, 0.5) is 0 Å². The van der Waals surface area contributed by atoms with Crippen LogP contribution < -0.4 is 5.73 Å².